The second-order valence-electron chi connectivity index (χ2n) is 1.65. The van der Waals surface area contributed by atoms with Crippen LogP contribution in [-0.2, 0) is 0 Å². The summed E-state index contributed by atoms with van der Waals surface area (Å²) in [6, 6.07) is 8.69. The molecule has 1 rings (SSSR count). The van der Waals surface area contributed by atoms with Crippen LogP contribution in [0.15, 0.2) is 35.2 Å². The minimum absolute atomic E-state index is 0.593. The van der Waals surface area contributed by atoms with Crippen molar-refractivity contribution < 1.29 is 9.18 Å². The number of hydrogen-bond acceptors (Lipinski definition) is 2. The lowest BCUT2D eigenvalue weighted by Crippen LogP contribution is -1.73. The van der Waals surface area contributed by atoms with Crippen molar-refractivity contribution in [3.05, 3.63) is 30.3 Å². The molecule has 0 aromatic heterocycles. The molecule has 0 aliphatic heterocycles. The molecule has 1 aromatic rings. The van der Waals surface area contributed by atoms with Gasteiger partial charge in [0.05, 0.1) is 0 Å². The number of hydrogen-bond donors (Lipinski definition) is 0. The lowest BCUT2D eigenvalue weighted by atomic mass is 10.4. The average molecular weight is 156 g/mol. The van der Waals surface area contributed by atoms with Crippen molar-refractivity contribution in [2.75, 3.05) is 0 Å². The van der Waals surface area contributed by atoms with Crippen LogP contribution in [0.2, 0.25) is 0 Å². The monoisotopic (exact) mass is 156 g/mol. The van der Waals surface area contributed by atoms with Gasteiger partial charge in [0.15, 0.2) is 0 Å². The van der Waals surface area contributed by atoms with E-state index >= 15 is 0 Å². The number of carbonyl (C=O) groups excluding carboxylic acids is 1. The zero-order valence-corrected chi connectivity index (χ0v) is 5.90. The zero-order valence-electron chi connectivity index (χ0n) is 5.08. The van der Waals surface area contributed by atoms with Gasteiger partial charge in [0.25, 0.3) is 0 Å². The molecule has 0 fully saturated rings. The summed E-state index contributed by atoms with van der Waals surface area (Å²) in [4.78, 5) is 10.5. The molecule has 0 unspecified atom stereocenters. The molecule has 1 aromatic carbocycles. The Labute approximate surface area is 62.2 Å². The molecule has 0 radical (unpaired) electrons. The van der Waals surface area contributed by atoms with E-state index in [-0.39, 0.29) is 0 Å². The molecule has 1 nitrogen and oxygen atoms in total. The second kappa shape index (κ2) is 3.37. The third kappa shape index (κ3) is 2.19. The van der Waals surface area contributed by atoms with Crippen LogP contribution in [0.25, 0.3) is 0 Å². The number of halogens is 1. The second-order valence-corrected chi connectivity index (χ2v) is 2.65. The van der Waals surface area contributed by atoms with Gasteiger partial charge in [-0.3, -0.25) is 0 Å². The Balaban J connectivity index is 2.67. The van der Waals surface area contributed by atoms with Crippen molar-refractivity contribution in [1.82, 2.24) is 0 Å². The van der Waals surface area contributed by atoms with Crippen LogP contribution in [0, 0.1) is 0 Å². The SMILES string of the molecule is O=C(F)Sc1ccccc1. The molecule has 0 heterocycles. The highest BCUT2D eigenvalue weighted by Gasteiger charge is 1.98. The van der Waals surface area contributed by atoms with Gasteiger partial charge < -0.3 is 0 Å². The molecule has 3 heteroatoms. The van der Waals surface area contributed by atoms with E-state index in [4.69, 9.17) is 0 Å². The van der Waals surface area contributed by atoms with Crippen molar-refractivity contribution in [3.63, 3.8) is 0 Å². The van der Waals surface area contributed by atoms with E-state index in [1.54, 1.807) is 24.3 Å². The van der Waals surface area contributed by atoms with Gasteiger partial charge in [-0.2, -0.15) is 4.39 Å². The standard InChI is InChI=1S/C7H5FOS/c8-7(9)10-6-4-2-1-3-5-6/h1-5H. The summed E-state index contributed by atoms with van der Waals surface area (Å²) in [7, 11) is 0. The minimum Gasteiger partial charge on any atom is -0.248 e. The van der Waals surface area contributed by atoms with E-state index in [0.29, 0.717) is 16.7 Å². The molecule has 0 bridgehead atoms. The highest BCUT2D eigenvalue weighted by Crippen LogP contribution is 2.18. The van der Waals surface area contributed by atoms with Crippen LogP contribution >= 0.6 is 11.8 Å². The first-order valence-corrected chi connectivity index (χ1v) is 3.53. The van der Waals surface area contributed by atoms with Crippen LogP contribution in [-0.4, -0.2) is 5.37 Å². The van der Waals surface area contributed by atoms with Crippen molar-refractivity contribution in [2.45, 2.75) is 4.90 Å². The molecule has 10 heavy (non-hydrogen) atoms. The fourth-order valence-electron chi connectivity index (χ4n) is 0.581. The first-order chi connectivity index (χ1) is 4.79. The molecule has 0 aliphatic carbocycles. The van der Waals surface area contributed by atoms with E-state index < -0.39 is 5.37 Å². The highest BCUT2D eigenvalue weighted by molar-refractivity contribution is 8.13. The Morgan fingerprint density at radius 2 is 1.90 bits per heavy atom. The molecular weight excluding hydrogens is 151 g/mol. The first-order valence-electron chi connectivity index (χ1n) is 2.71. The minimum atomic E-state index is -1.37. The molecule has 52 valence electrons. The van der Waals surface area contributed by atoms with Gasteiger partial charge >= 0.3 is 5.37 Å². The predicted octanol–water partition coefficient (Wildman–Crippen LogP) is 2.87. The number of rotatable bonds is 1. The van der Waals surface area contributed by atoms with Gasteiger partial charge in [-0.15, -0.1) is 0 Å². The molecule has 0 aliphatic rings. The number of carbonyl (C=O) groups is 1. The Bertz CT molecular complexity index is 222. The summed E-state index contributed by atoms with van der Waals surface area (Å²) in [6.45, 7) is 0. The summed E-state index contributed by atoms with van der Waals surface area (Å²) in [6.07, 6.45) is 0. The maximum Gasteiger partial charge on any atom is 0.364 e. The number of benzene rings is 1. The average Bonchev–Trinajstić information content (AvgIpc) is 1.88. The number of thioether (sulfide) groups is 1. The zero-order chi connectivity index (χ0) is 7.40. The van der Waals surface area contributed by atoms with Gasteiger partial charge in [0.1, 0.15) is 0 Å². The largest absolute Gasteiger partial charge is 0.364 e. The van der Waals surface area contributed by atoms with Gasteiger partial charge in [-0.05, 0) is 23.9 Å². The topological polar surface area (TPSA) is 17.1 Å². The van der Waals surface area contributed by atoms with Gasteiger partial charge in [-0.1, -0.05) is 18.2 Å². The first kappa shape index (κ1) is 7.28. The molecule has 0 saturated heterocycles. The van der Waals surface area contributed by atoms with Crippen molar-refractivity contribution in [3.8, 4) is 0 Å². The van der Waals surface area contributed by atoms with Crippen molar-refractivity contribution in [1.29, 1.82) is 0 Å². The van der Waals surface area contributed by atoms with E-state index in [9.17, 15) is 9.18 Å². The fourth-order valence-corrected chi connectivity index (χ4v) is 1.06. The smallest absolute Gasteiger partial charge is 0.248 e. The lowest BCUT2D eigenvalue weighted by Gasteiger charge is -1.90. The van der Waals surface area contributed by atoms with E-state index in [1.807, 2.05) is 6.07 Å². The van der Waals surface area contributed by atoms with Crippen LogP contribution in [0.3, 0.4) is 0 Å². The predicted molar refractivity (Wildman–Crippen MR) is 38.8 cm³/mol. The van der Waals surface area contributed by atoms with Crippen molar-refractivity contribution >= 4 is 17.1 Å². The molecular formula is C7H5FOS. The Hall–Kier alpha value is -0.830. The van der Waals surface area contributed by atoms with E-state index in [1.165, 1.54) is 0 Å². The summed E-state index contributed by atoms with van der Waals surface area (Å²) in [5, 5.41) is -1.37. The molecule has 0 saturated carbocycles. The Morgan fingerprint density at radius 1 is 1.30 bits per heavy atom. The lowest BCUT2D eigenvalue weighted by molar-refractivity contribution is 0.245. The van der Waals surface area contributed by atoms with Crippen LogP contribution in [0.5, 0.6) is 0 Å². The molecule has 0 N–H and O–H groups in total. The summed E-state index contributed by atoms with van der Waals surface area (Å²) in [5.74, 6) is 0. The third-order valence-corrected chi connectivity index (χ3v) is 1.61. The highest BCUT2D eigenvalue weighted by atomic mass is 32.2. The third-order valence-electron chi connectivity index (χ3n) is 0.941. The van der Waals surface area contributed by atoms with Gasteiger partial charge in [0.2, 0.25) is 0 Å². The maximum atomic E-state index is 11.7. The van der Waals surface area contributed by atoms with Gasteiger partial charge in [0, 0.05) is 4.90 Å². The van der Waals surface area contributed by atoms with E-state index in [2.05, 4.69) is 0 Å². The fraction of sp³-hybridized carbons (Fsp3) is 0. The molecule has 0 spiro atoms. The molecule has 0 atom stereocenters. The normalized spacial score (nSPS) is 9.30. The van der Waals surface area contributed by atoms with Gasteiger partial charge in [-0.25, -0.2) is 4.79 Å². The Morgan fingerprint density at radius 3 is 2.40 bits per heavy atom. The van der Waals surface area contributed by atoms with Crippen LogP contribution in [0.4, 0.5) is 9.18 Å². The summed E-state index contributed by atoms with van der Waals surface area (Å²) in [5.41, 5.74) is 0. The van der Waals surface area contributed by atoms with Crippen molar-refractivity contribution in [2.24, 2.45) is 0 Å². The maximum absolute atomic E-state index is 11.7. The molecule has 0 amide bonds. The quantitative estimate of drug-likeness (QED) is 0.459. The van der Waals surface area contributed by atoms with Crippen LogP contribution < -0.4 is 0 Å². The summed E-state index contributed by atoms with van der Waals surface area (Å²) < 4.78 is 11.7. The van der Waals surface area contributed by atoms with E-state index in [0.717, 1.165) is 0 Å². The van der Waals surface area contributed by atoms with Crippen LogP contribution in [0.1, 0.15) is 0 Å². The summed E-state index contributed by atoms with van der Waals surface area (Å²) >= 11 is 0.593. The Kier molecular flexibility index (Phi) is 2.45.